The van der Waals surface area contributed by atoms with Crippen molar-refractivity contribution >= 4 is 49.4 Å². The third-order valence-electron chi connectivity index (χ3n) is 12.9. The Labute approximate surface area is 397 Å². The Kier molecular flexibility index (Phi) is 9.19. The quantitative estimate of drug-likeness (QED) is 0.140. The zero-order valence-electron chi connectivity index (χ0n) is 40.6. The van der Waals surface area contributed by atoms with Crippen LogP contribution in [0.2, 0.25) is 0 Å². The number of fused-ring (bicyclic) bond motifs is 3. The van der Waals surface area contributed by atoms with E-state index in [4.69, 9.17) is 0 Å². The molecule has 0 amide bonds. The highest BCUT2D eigenvalue weighted by atomic mass is 15.1. The highest BCUT2D eigenvalue weighted by molar-refractivity contribution is 6.04. The molecule has 0 atom stereocenters. The lowest BCUT2D eigenvalue weighted by molar-refractivity contribution is 1.28. The summed E-state index contributed by atoms with van der Waals surface area (Å²) < 4.78 is 38.4. The molecule has 0 saturated carbocycles. The number of hydrogen-bond donors (Lipinski definition) is 0. The zero-order chi connectivity index (χ0) is 48.0. The predicted molar refractivity (Wildman–Crippen MR) is 286 cm³/mol. The second kappa shape index (κ2) is 17.3. The zero-order valence-corrected chi connectivity index (χ0v) is 36.6. The Morgan fingerprint density at radius 2 is 0.716 bits per heavy atom. The Bertz CT molecular complexity index is 3920. The molecule has 1 heteroatoms. The van der Waals surface area contributed by atoms with Crippen molar-refractivity contribution in [1.29, 1.82) is 0 Å². The summed E-state index contributed by atoms with van der Waals surface area (Å²) >= 11 is 0. The van der Waals surface area contributed by atoms with Crippen LogP contribution in [0.4, 0.5) is 17.1 Å². The van der Waals surface area contributed by atoms with Crippen LogP contribution in [0.15, 0.2) is 273 Å². The largest absolute Gasteiger partial charge is 0.311 e. The molecule has 0 aromatic heterocycles. The molecular formula is C66H45N. The Morgan fingerprint density at radius 1 is 0.239 bits per heavy atom. The molecule has 0 radical (unpaired) electrons. The van der Waals surface area contributed by atoms with Crippen molar-refractivity contribution in [2.75, 3.05) is 4.90 Å². The monoisotopic (exact) mass is 855 g/mol. The van der Waals surface area contributed by atoms with E-state index in [0.29, 0.717) is 16.9 Å². The van der Waals surface area contributed by atoms with Crippen LogP contribution >= 0.6 is 0 Å². The summed E-state index contributed by atoms with van der Waals surface area (Å²) in [7, 11) is 0. The highest BCUT2D eigenvalue weighted by Crippen LogP contribution is 2.42. The van der Waals surface area contributed by atoms with Gasteiger partial charge < -0.3 is 4.90 Å². The van der Waals surface area contributed by atoms with Gasteiger partial charge in [0.2, 0.25) is 0 Å². The van der Waals surface area contributed by atoms with E-state index in [1.165, 1.54) is 21.7 Å². The van der Waals surface area contributed by atoms with E-state index >= 15 is 0 Å². The molecule has 1 nitrogen and oxygen atoms in total. The minimum Gasteiger partial charge on any atom is -0.311 e. The van der Waals surface area contributed by atoms with Crippen LogP contribution < -0.4 is 4.90 Å². The van der Waals surface area contributed by atoms with Crippen molar-refractivity contribution in [3.63, 3.8) is 0 Å². The summed E-state index contributed by atoms with van der Waals surface area (Å²) in [5, 5.41) is 7.03. The van der Waals surface area contributed by atoms with Gasteiger partial charge in [-0.05, 0) is 148 Å². The average Bonchev–Trinajstić information content (AvgIpc) is 3.43. The van der Waals surface area contributed by atoms with Crippen molar-refractivity contribution in [2.24, 2.45) is 0 Å². The van der Waals surface area contributed by atoms with Crippen molar-refractivity contribution in [3.8, 4) is 66.8 Å². The van der Waals surface area contributed by atoms with Crippen LogP contribution in [0.3, 0.4) is 0 Å². The molecule has 0 aliphatic rings. The number of benzene rings is 12. The molecule has 12 aromatic rings. The van der Waals surface area contributed by atoms with E-state index in [1.54, 1.807) is 0 Å². The molecule has 0 unspecified atom stereocenters. The maximum absolute atomic E-state index is 9.69. The Balaban J connectivity index is 0.959. The summed E-state index contributed by atoms with van der Waals surface area (Å²) in [5.41, 5.74) is 13.3. The molecule has 0 spiro atoms. The minimum atomic E-state index is -0.128. The number of anilines is 3. The summed E-state index contributed by atoms with van der Waals surface area (Å²) in [6.07, 6.45) is 0. The van der Waals surface area contributed by atoms with Crippen molar-refractivity contribution in [3.05, 3.63) is 273 Å². The summed E-state index contributed by atoms with van der Waals surface area (Å²) in [4.78, 5) is 1.87. The van der Waals surface area contributed by atoms with Gasteiger partial charge in [-0.25, -0.2) is 0 Å². The van der Waals surface area contributed by atoms with Gasteiger partial charge in [-0.1, -0.05) is 224 Å². The molecule has 67 heavy (non-hydrogen) atoms. The summed E-state index contributed by atoms with van der Waals surface area (Å²) in [6.45, 7) is 0. The van der Waals surface area contributed by atoms with E-state index in [2.05, 4.69) is 182 Å². The van der Waals surface area contributed by atoms with Gasteiger partial charge in [0.1, 0.15) is 0 Å². The second-order valence-corrected chi connectivity index (χ2v) is 17.0. The van der Waals surface area contributed by atoms with E-state index in [1.807, 2.05) is 71.6 Å². The minimum absolute atomic E-state index is 0.105. The van der Waals surface area contributed by atoms with Crippen LogP contribution in [0, 0.1) is 0 Å². The van der Waals surface area contributed by atoms with Crippen molar-refractivity contribution in [2.45, 2.75) is 0 Å². The maximum atomic E-state index is 9.69. The fourth-order valence-electron chi connectivity index (χ4n) is 9.53. The second-order valence-electron chi connectivity index (χ2n) is 17.0. The molecule has 0 heterocycles. The standard InChI is InChI=1S/C66H45N/c1-2-15-54(16-3-1)66-64-22-9-7-14-52(64)36-43-65(66)53-34-41-61(42-35-53)67(59-37-30-48(31-38-59)47-24-26-49(27-25-47)57-29-28-46-12-4-5-17-55(46)44-57)60-39-32-50(33-40-60)56-19-10-20-58(45-56)63-23-11-18-51-13-6-8-21-62(51)63/h1-45H/i30D,31D,37D,38D. The Hall–Kier alpha value is -8.78. The molecule has 0 saturated heterocycles. The van der Waals surface area contributed by atoms with E-state index < -0.39 is 0 Å². The van der Waals surface area contributed by atoms with Gasteiger partial charge in [-0.15, -0.1) is 0 Å². The third-order valence-corrected chi connectivity index (χ3v) is 12.9. The first-order chi connectivity index (χ1) is 34.9. The summed E-state index contributed by atoms with van der Waals surface area (Å²) in [6, 6.07) is 85.1. The van der Waals surface area contributed by atoms with E-state index in [0.717, 1.165) is 66.2 Å². The molecule has 0 N–H and O–H groups in total. The fourth-order valence-corrected chi connectivity index (χ4v) is 9.53. The van der Waals surface area contributed by atoms with E-state index in [9.17, 15) is 5.48 Å². The molecule has 0 aliphatic carbocycles. The van der Waals surface area contributed by atoms with Crippen LogP contribution in [0.5, 0.6) is 0 Å². The normalized spacial score (nSPS) is 12.1. The topological polar surface area (TPSA) is 3.24 Å². The lowest BCUT2D eigenvalue weighted by atomic mass is 9.90. The van der Waals surface area contributed by atoms with Crippen LogP contribution in [-0.4, -0.2) is 0 Å². The number of rotatable bonds is 9. The lowest BCUT2D eigenvalue weighted by Gasteiger charge is -2.26. The molecule has 0 aliphatic heterocycles. The Morgan fingerprint density at radius 3 is 1.43 bits per heavy atom. The van der Waals surface area contributed by atoms with Crippen LogP contribution in [0.1, 0.15) is 5.48 Å². The molecular weight excluding hydrogens is 807 g/mol. The van der Waals surface area contributed by atoms with Crippen LogP contribution in [0.25, 0.3) is 99.1 Å². The predicted octanol–water partition coefficient (Wildman–Crippen LogP) is 18.6. The fraction of sp³-hybridized carbons (Fsp3) is 0. The molecule has 12 aromatic carbocycles. The SMILES string of the molecule is [2H]c1c([2H])c(N(c2ccc(-c3cccc(-c4cccc5ccccc45)c3)cc2)c2ccc(-c3ccc4ccccc4c3-c3ccccc3)cc2)c([2H])c([2H])c1-c1ccc(-c2ccc3ccccc3c2)cc1. The molecule has 0 fully saturated rings. The highest BCUT2D eigenvalue weighted by Gasteiger charge is 2.17. The van der Waals surface area contributed by atoms with Crippen molar-refractivity contribution in [1.82, 2.24) is 0 Å². The lowest BCUT2D eigenvalue weighted by Crippen LogP contribution is -2.09. The van der Waals surface area contributed by atoms with Crippen LogP contribution in [-0.2, 0) is 0 Å². The number of hydrogen-bond acceptors (Lipinski definition) is 1. The third kappa shape index (κ3) is 7.73. The van der Waals surface area contributed by atoms with Gasteiger partial charge in [0.05, 0.1) is 5.48 Å². The van der Waals surface area contributed by atoms with Gasteiger partial charge >= 0.3 is 0 Å². The van der Waals surface area contributed by atoms with Gasteiger partial charge in [-0.3, -0.25) is 0 Å². The molecule has 314 valence electrons. The van der Waals surface area contributed by atoms with E-state index in [-0.39, 0.29) is 35.4 Å². The van der Waals surface area contributed by atoms with Gasteiger partial charge in [0.15, 0.2) is 0 Å². The first-order valence-corrected chi connectivity index (χ1v) is 22.7. The first kappa shape index (κ1) is 35.6. The van der Waals surface area contributed by atoms with Gasteiger partial charge in [0.25, 0.3) is 0 Å². The first-order valence-electron chi connectivity index (χ1n) is 24.7. The number of nitrogens with zero attached hydrogens (tertiary/aromatic N) is 1. The van der Waals surface area contributed by atoms with Gasteiger partial charge in [-0.2, -0.15) is 0 Å². The summed E-state index contributed by atoms with van der Waals surface area (Å²) in [5.74, 6) is 0. The maximum Gasteiger partial charge on any atom is 0.0645 e. The molecule has 0 bridgehead atoms. The average molecular weight is 856 g/mol. The van der Waals surface area contributed by atoms with Gasteiger partial charge in [0, 0.05) is 17.1 Å². The smallest absolute Gasteiger partial charge is 0.0645 e. The van der Waals surface area contributed by atoms with Crippen molar-refractivity contribution < 1.29 is 5.48 Å². The molecule has 12 rings (SSSR count).